The maximum absolute atomic E-state index is 12.3. The second-order valence-corrected chi connectivity index (χ2v) is 5.88. The second kappa shape index (κ2) is 5.75. The van der Waals surface area contributed by atoms with Crippen molar-refractivity contribution in [1.82, 2.24) is 14.9 Å². The van der Waals surface area contributed by atoms with Crippen molar-refractivity contribution < 1.29 is 4.79 Å². The molecule has 6 heteroatoms. The molecule has 0 unspecified atom stereocenters. The van der Waals surface area contributed by atoms with Gasteiger partial charge >= 0.3 is 0 Å². The van der Waals surface area contributed by atoms with Gasteiger partial charge in [0.1, 0.15) is 4.83 Å². The molecule has 2 rings (SSSR count). The summed E-state index contributed by atoms with van der Waals surface area (Å²) in [7, 11) is 1.66. The lowest BCUT2D eigenvalue weighted by atomic mass is 10.1. The molecule has 1 amide bonds. The number of hydrogen-bond acceptors (Lipinski definition) is 4. The Morgan fingerprint density at radius 1 is 1.45 bits per heavy atom. The van der Waals surface area contributed by atoms with Crippen molar-refractivity contribution in [3.63, 3.8) is 0 Å². The van der Waals surface area contributed by atoms with Crippen LogP contribution in [0.4, 0.5) is 0 Å². The molecular weight excluding hydrogens is 274 g/mol. The number of aromatic nitrogens is 2. The molecule has 0 aliphatic heterocycles. The Kier molecular flexibility index (Phi) is 4.23. The summed E-state index contributed by atoms with van der Waals surface area (Å²) in [6.07, 6.45) is 3.28. The summed E-state index contributed by atoms with van der Waals surface area (Å²) in [5.74, 6) is -0.110. The molecule has 0 saturated heterocycles. The highest BCUT2D eigenvalue weighted by Crippen LogP contribution is 2.26. The molecule has 20 heavy (non-hydrogen) atoms. The van der Waals surface area contributed by atoms with Gasteiger partial charge in [-0.1, -0.05) is 13.8 Å². The van der Waals surface area contributed by atoms with E-state index < -0.39 is 0 Å². The second-order valence-electron chi connectivity index (χ2n) is 4.88. The molecule has 2 aromatic heterocycles. The van der Waals surface area contributed by atoms with E-state index in [2.05, 4.69) is 10.3 Å². The number of amides is 1. The summed E-state index contributed by atoms with van der Waals surface area (Å²) in [5, 5.41) is 3.55. The highest BCUT2D eigenvalue weighted by Gasteiger charge is 2.20. The van der Waals surface area contributed by atoms with E-state index in [1.54, 1.807) is 7.05 Å². The van der Waals surface area contributed by atoms with Crippen LogP contribution in [0.2, 0.25) is 0 Å². The van der Waals surface area contributed by atoms with Crippen molar-refractivity contribution in [2.45, 2.75) is 39.7 Å². The predicted molar refractivity (Wildman–Crippen MR) is 81.4 cm³/mol. The zero-order valence-electron chi connectivity index (χ0n) is 12.2. The number of thiophene rings is 1. The fourth-order valence-electron chi connectivity index (χ4n) is 2.17. The Labute approximate surface area is 121 Å². The Balaban J connectivity index is 2.46. The first kappa shape index (κ1) is 14.7. The smallest absolute Gasteiger partial charge is 0.262 e. The fourth-order valence-corrected chi connectivity index (χ4v) is 3.21. The van der Waals surface area contributed by atoms with Crippen LogP contribution in [0, 0.1) is 6.92 Å². The highest BCUT2D eigenvalue weighted by atomic mass is 32.1. The minimum Gasteiger partial charge on any atom is -0.349 e. The Morgan fingerprint density at radius 3 is 2.70 bits per heavy atom. The number of fused-ring (bicyclic) bond motifs is 1. The van der Waals surface area contributed by atoms with Crippen molar-refractivity contribution in [2.24, 2.45) is 7.05 Å². The highest BCUT2D eigenvalue weighted by molar-refractivity contribution is 7.20. The third kappa shape index (κ3) is 2.47. The fraction of sp³-hybridized carbons (Fsp3) is 0.500. The molecule has 0 fully saturated rings. The first-order valence-corrected chi connectivity index (χ1v) is 7.56. The van der Waals surface area contributed by atoms with Crippen LogP contribution in [0.15, 0.2) is 11.1 Å². The molecule has 1 N–H and O–H groups in total. The number of carbonyl (C=O) groups excluding carboxylic acids is 1. The molecule has 0 aliphatic carbocycles. The standard InChI is InChI=1S/C14H19N3O2S/c1-5-9(6-2)16-12(18)11-8(3)10-13(20-11)15-7-17(4)14(10)19/h7,9H,5-6H2,1-4H3,(H,16,18). The molecule has 5 nitrogen and oxygen atoms in total. The van der Waals surface area contributed by atoms with Crippen LogP contribution in [0.1, 0.15) is 41.9 Å². The van der Waals surface area contributed by atoms with Gasteiger partial charge < -0.3 is 9.88 Å². The van der Waals surface area contributed by atoms with E-state index in [1.165, 1.54) is 22.2 Å². The Hall–Kier alpha value is -1.69. The van der Waals surface area contributed by atoms with Gasteiger partial charge in [0.15, 0.2) is 0 Å². The summed E-state index contributed by atoms with van der Waals surface area (Å²) in [6, 6.07) is 0.169. The van der Waals surface area contributed by atoms with Gasteiger partial charge in [-0.3, -0.25) is 9.59 Å². The monoisotopic (exact) mass is 293 g/mol. The van der Waals surface area contributed by atoms with Crippen molar-refractivity contribution in [1.29, 1.82) is 0 Å². The van der Waals surface area contributed by atoms with Gasteiger partial charge in [-0.05, 0) is 25.3 Å². The SMILES string of the molecule is CCC(CC)NC(=O)c1sc2ncn(C)c(=O)c2c1C. The maximum Gasteiger partial charge on any atom is 0.262 e. The van der Waals surface area contributed by atoms with Crippen LogP contribution in [0.5, 0.6) is 0 Å². The molecule has 108 valence electrons. The number of hydrogen-bond donors (Lipinski definition) is 1. The molecule has 0 aromatic carbocycles. The molecular formula is C14H19N3O2S. The Morgan fingerprint density at radius 2 is 2.10 bits per heavy atom. The third-order valence-electron chi connectivity index (χ3n) is 3.54. The van der Waals surface area contributed by atoms with E-state index >= 15 is 0 Å². The quantitative estimate of drug-likeness (QED) is 0.940. The van der Waals surface area contributed by atoms with E-state index in [0.717, 1.165) is 18.4 Å². The van der Waals surface area contributed by atoms with Gasteiger partial charge in [0.25, 0.3) is 11.5 Å². The zero-order valence-corrected chi connectivity index (χ0v) is 13.0. The lowest BCUT2D eigenvalue weighted by Gasteiger charge is -2.14. The first-order chi connectivity index (χ1) is 9.49. The average molecular weight is 293 g/mol. The van der Waals surface area contributed by atoms with Crippen molar-refractivity contribution in [3.05, 3.63) is 27.1 Å². The first-order valence-electron chi connectivity index (χ1n) is 6.75. The number of aryl methyl sites for hydroxylation is 2. The van der Waals surface area contributed by atoms with Gasteiger partial charge in [0, 0.05) is 13.1 Å². The number of nitrogens with zero attached hydrogens (tertiary/aromatic N) is 2. The van der Waals surface area contributed by atoms with E-state index in [0.29, 0.717) is 15.1 Å². The van der Waals surface area contributed by atoms with Crippen molar-refractivity contribution in [2.75, 3.05) is 0 Å². The predicted octanol–water partition coefficient (Wildman–Crippen LogP) is 2.22. The summed E-state index contributed by atoms with van der Waals surface area (Å²) in [6.45, 7) is 5.90. The molecule has 0 atom stereocenters. The molecule has 2 aromatic rings. The topological polar surface area (TPSA) is 64.0 Å². The van der Waals surface area contributed by atoms with Crippen LogP contribution in [-0.2, 0) is 7.05 Å². The summed E-state index contributed by atoms with van der Waals surface area (Å²) >= 11 is 1.28. The maximum atomic E-state index is 12.3. The summed E-state index contributed by atoms with van der Waals surface area (Å²) in [4.78, 5) is 29.9. The van der Waals surface area contributed by atoms with Gasteiger partial charge in [-0.2, -0.15) is 0 Å². The molecule has 0 spiro atoms. The Bertz CT molecular complexity index is 698. The molecule has 0 radical (unpaired) electrons. The number of rotatable bonds is 4. The number of carbonyl (C=O) groups is 1. The van der Waals surface area contributed by atoms with E-state index in [4.69, 9.17) is 0 Å². The number of nitrogens with one attached hydrogen (secondary N) is 1. The van der Waals surface area contributed by atoms with Gasteiger partial charge in [-0.15, -0.1) is 11.3 Å². The van der Waals surface area contributed by atoms with Crippen LogP contribution in [0.25, 0.3) is 10.2 Å². The minimum atomic E-state index is -0.110. The van der Waals surface area contributed by atoms with E-state index in [9.17, 15) is 9.59 Å². The van der Waals surface area contributed by atoms with Gasteiger partial charge in [0.05, 0.1) is 16.6 Å². The van der Waals surface area contributed by atoms with Crippen LogP contribution in [-0.4, -0.2) is 21.5 Å². The van der Waals surface area contributed by atoms with E-state index in [1.807, 2.05) is 20.8 Å². The summed E-state index contributed by atoms with van der Waals surface area (Å²) in [5.41, 5.74) is 0.618. The average Bonchev–Trinajstić information content (AvgIpc) is 2.78. The zero-order chi connectivity index (χ0) is 14.9. The third-order valence-corrected chi connectivity index (χ3v) is 4.74. The van der Waals surface area contributed by atoms with Crippen LogP contribution >= 0.6 is 11.3 Å². The molecule has 0 bridgehead atoms. The largest absolute Gasteiger partial charge is 0.349 e. The van der Waals surface area contributed by atoms with E-state index in [-0.39, 0.29) is 17.5 Å². The van der Waals surface area contributed by atoms with Crippen LogP contribution in [0.3, 0.4) is 0 Å². The van der Waals surface area contributed by atoms with Gasteiger partial charge in [0.2, 0.25) is 0 Å². The lowest BCUT2D eigenvalue weighted by molar-refractivity contribution is 0.0938. The molecule has 0 saturated carbocycles. The van der Waals surface area contributed by atoms with Crippen molar-refractivity contribution >= 4 is 27.5 Å². The lowest BCUT2D eigenvalue weighted by Crippen LogP contribution is -2.33. The van der Waals surface area contributed by atoms with Crippen LogP contribution < -0.4 is 10.9 Å². The minimum absolute atomic E-state index is 0.106. The van der Waals surface area contributed by atoms with Crippen molar-refractivity contribution in [3.8, 4) is 0 Å². The van der Waals surface area contributed by atoms with Gasteiger partial charge in [-0.25, -0.2) is 4.98 Å². The molecule has 0 aliphatic rings. The molecule has 2 heterocycles. The summed E-state index contributed by atoms with van der Waals surface area (Å²) < 4.78 is 1.44. The normalized spacial score (nSPS) is 11.2.